The molecule has 0 radical (unpaired) electrons. The first-order chi connectivity index (χ1) is 17.1. The molecule has 0 heterocycles. The predicted molar refractivity (Wildman–Crippen MR) is 149 cm³/mol. The highest BCUT2D eigenvalue weighted by Crippen LogP contribution is 2.37. The van der Waals surface area contributed by atoms with E-state index in [2.05, 4.69) is 47.6 Å². The number of hydrogen-bond donors (Lipinski definition) is 2. The van der Waals surface area contributed by atoms with Crippen molar-refractivity contribution < 1.29 is 9.47 Å². The Bertz CT molecular complexity index is 1150. The summed E-state index contributed by atoms with van der Waals surface area (Å²) in [6.45, 7) is 6.62. The second-order valence-electron chi connectivity index (χ2n) is 7.82. The van der Waals surface area contributed by atoms with Gasteiger partial charge in [-0.2, -0.15) is 0 Å². The Balaban J connectivity index is 2.03. The van der Waals surface area contributed by atoms with Crippen molar-refractivity contribution in [3.8, 4) is 11.5 Å². The van der Waals surface area contributed by atoms with Crippen LogP contribution in [0.15, 0.2) is 115 Å². The van der Waals surface area contributed by atoms with E-state index in [-0.39, 0.29) is 0 Å². The van der Waals surface area contributed by atoms with Gasteiger partial charge in [-0.1, -0.05) is 91.5 Å². The van der Waals surface area contributed by atoms with Crippen molar-refractivity contribution in [1.29, 1.82) is 0 Å². The third-order valence-electron chi connectivity index (χ3n) is 5.77. The minimum absolute atomic E-state index is 0.487. The number of hydrogen-bond acceptors (Lipinski definition) is 3. The molecule has 2 N–H and O–H groups in total. The third kappa shape index (κ3) is 6.00. The van der Waals surface area contributed by atoms with Crippen molar-refractivity contribution >= 4 is 17.3 Å². The Morgan fingerprint density at radius 1 is 0.943 bits per heavy atom. The Morgan fingerprint density at radius 3 is 2.09 bits per heavy atom. The smallest absolute Gasteiger partial charge is 0.167 e. The SMILES string of the molecule is C=C/C(=C\C=C/C)C(NC(=S)NCc1ccc(OC)cc1OC)(c1ccccc1)c1ccccc1. The second-order valence-corrected chi connectivity index (χ2v) is 8.23. The number of ether oxygens (including phenoxy) is 2. The molecule has 4 nitrogen and oxygen atoms in total. The van der Waals surface area contributed by atoms with Crippen LogP contribution in [0.4, 0.5) is 0 Å². The molecule has 0 aliphatic heterocycles. The summed E-state index contributed by atoms with van der Waals surface area (Å²) in [5, 5.41) is 7.50. The zero-order valence-corrected chi connectivity index (χ0v) is 21.3. The van der Waals surface area contributed by atoms with Crippen LogP contribution < -0.4 is 20.1 Å². The Hall–Kier alpha value is -3.83. The highest BCUT2D eigenvalue weighted by molar-refractivity contribution is 7.80. The highest BCUT2D eigenvalue weighted by Gasteiger charge is 2.37. The minimum Gasteiger partial charge on any atom is -0.497 e. The van der Waals surface area contributed by atoms with Crippen molar-refractivity contribution in [1.82, 2.24) is 10.6 Å². The Morgan fingerprint density at radius 2 is 1.57 bits per heavy atom. The van der Waals surface area contributed by atoms with Gasteiger partial charge in [0.15, 0.2) is 5.11 Å². The fourth-order valence-electron chi connectivity index (χ4n) is 4.03. The molecular formula is C30H32N2O2S. The van der Waals surface area contributed by atoms with E-state index in [0.717, 1.165) is 33.8 Å². The first-order valence-electron chi connectivity index (χ1n) is 11.4. The van der Waals surface area contributed by atoms with Crippen molar-refractivity contribution in [2.45, 2.75) is 19.0 Å². The number of methoxy groups -OCH3 is 2. The third-order valence-corrected chi connectivity index (χ3v) is 6.02. The van der Waals surface area contributed by atoms with Crippen LogP contribution in [0.2, 0.25) is 0 Å². The lowest BCUT2D eigenvalue weighted by molar-refractivity contribution is 0.390. The number of allylic oxidation sites excluding steroid dienone is 3. The molecule has 5 heteroatoms. The second kappa shape index (κ2) is 12.6. The van der Waals surface area contributed by atoms with Crippen LogP contribution in [0.1, 0.15) is 23.6 Å². The first-order valence-corrected chi connectivity index (χ1v) is 11.8. The fraction of sp³-hybridized carbons (Fsp3) is 0.167. The summed E-state index contributed by atoms with van der Waals surface area (Å²) in [4.78, 5) is 0. The topological polar surface area (TPSA) is 42.5 Å². The molecule has 0 aliphatic carbocycles. The largest absolute Gasteiger partial charge is 0.497 e. The molecule has 0 aromatic heterocycles. The summed E-state index contributed by atoms with van der Waals surface area (Å²) < 4.78 is 10.9. The zero-order chi connectivity index (χ0) is 25.1. The van der Waals surface area contributed by atoms with Gasteiger partial charge in [0.05, 0.1) is 14.2 Å². The van der Waals surface area contributed by atoms with Crippen LogP contribution in [-0.2, 0) is 12.1 Å². The van der Waals surface area contributed by atoms with Crippen LogP contribution >= 0.6 is 12.2 Å². The average Bonchev–Trinajstić information content (AvgIpc) is 2.92. The van der Waals surface area contributed by atoms with Crippen LogP contribution in [-0.4, -0.2) is 19.3 Å². The molecule has 180 valence electrons. The first kappa shape index (κ1) is 25.8. The maximum absolute atomic E-state index is 5.84. The van der Waals surface area contributed by atoms with E-state index in [0.29, 0.717) is 11.7 Å². The van der Waals surface area contributed by atoms with Gasteiger partial charge in [-0.05, 0) is 48.0 Å². The van der Waals surface area contributed by atoms with E-state index in [9.17, 15) is 0 Å². The minimum atomic E-state index is -0.752. The predicted octanol–water partition coefficient (Wildman–Crippen LogP) is 6.30. The zero-order valence-electron chi connectivity index (χ0n) is 20.5. The molecule has 35 heavy (non-hydrogen) atoms. The molecule has 3 aromatic carbocycles. The number of benzene rings is 3. The lowest BCUT2D eigenvalue weighted by Gasteiger charge is -2.38. The molecular weight excluding hydrogens is 452 g/mol. The van der Waals surface area contributed by atoms with Crippen molar-refractivity contribution in [3.63, 3.8) is 0 Å². The monoisotopic (exact) mass is 484 g/mol. The van der Waals surface area contributed by atoms with E-state index < -0.39 is 5.54 Å². The summed E-state index contributed by atoms with van der Waals surface area (Å²) in [7, 11) is 3.28. The lowest BCUT2D eigenvalue weighted by Crippen LogP contribution is -2.51. The number of rotatable bonds is 10. The standard InChI is InChI=1S/C30H32N2O2S/c1-5-7-14-24(6-2)30(25-15-10-8-11-16-25,26-17-12-9-13-18-26)32-29(35)31-22-23-19-20-27(33-3)21-28(23)34-4/h5-21H,2,22H2,1,3-4H3,(H2,31,32,35)/b7-5-,24-14+. The summed E-state index contributed by atoms with van der Waals surface area (Å²) in [6.07, 6.45) is 7.95. The van der Waals surface area contributed by atoms with Gasteiger partial charge in [-0.3, -0.25) is 0 Å². The van der Waals surface area contributed by atoms with Gasteiger partial charge < -0.3 is 20.1 Å². The van der Waals surface area contributed by atoms with E-state index >= 15 is 0 Å². The maximum atomic E-state index is 5.84. The van der Waals surface area contributed by atoms with E-state index in [4.69, 9.17) is 21.7 Å². The molecule has 0 saturated heterocycles. The van der Waals surface area contributed by atoms with Crippen molar-refractivity contribution in [2.75, 3.05) is 14.2 Å². The Labute approximate surface area is 214 Å². The molecule has 0 bridgehead atoms. The molecule has 0 aliphatic rings. The van der Waals surface area contributed by atoms with Gasteiger partial charge >= 0.3 is 0 Å². The van der Waals surface area contributed by atoms with Gasteiger partial charge in [-0.25, -0.2) is 0 Å². The van der Waals surface area contributed by atoms with E-state index in [1.807, 2.05) is 79.7 Å². The molecule has 3 rings (SSSR count). The van der Waals surface area contributed by atoms with E-state index in [1.54, 1.807) is 14.2 Å². The summed E-state index contributed by atoms with van der Waals surface area (Å²) >= 11 is 5.84. The van der Waals surface area contributed by atoms with Crippen LogP contribution in [0.3, 0.4) is 0 Å². The van der Waals surface area contributed by atoms with Gasteiger partial charge in [-0.15, -0.1) is 0 Å². The van der Waals surface area contributed by atoms with Crippen LogP contribution in [0, 0.1) is 0 Å². The normalized spacial score (nSPS) is 11.7. The molecule has 0 spiro atoms. The summed E-state index contributed by atoms with van der Waals surface area (Å²) in [5.74, 6) is 1.47. The quantitative estimate of drug-likeness (QED) is 0.261. The number of thiocarbonyl (C=S) groups is 1. The van der Waals surface area contributed by atoms with Crippen LogP contribution in [0.25, 0.3) is 0 Å². The van der Waals surface area contributed by atoms with Gasteiger partial charge in [0, 0.05) is 18.2 Å². The van der Waals surface area contributed by atoms with E-state index in [1.165, 1.54) is 0 Å². The highest BCUT2D eigenvalue weighted by atomic mass is 32.1. The molecule has 0 amide bonds. The van der Waals surface area contributed by atoms with Gasteiger partial charge in [0.1, 0.15) is 17.0 Å². The molecule has 0 saturated carbocycles. The summed E-state index contributed by atoms with van der Waals surface area (Å²) in [5.41, 5.74) is 3.29. The maximum Gasteiger partial charge on any atom is 0.167 e. The molecule has 0 unspecified atom stereocenters. The van der Waals surface area contributed by atoms with Crippen molar-refractivity contribution in [2.24, 2.45) is 0 Å². The Kier molecular flexibility index (Phi) is 9.27. The summed E-state index contributed by atoms with van der Waals surface area (Å²) in [6, 6.07) is 26.3. The average molecular weight is 485 g/mol. The molecule has 0 fully saturated rings. The lowest BCUT2D eigenvalue weighted by atomic mass is 9.76. The molecule has 0 atom stereocenters. The molecule has 3 aromatic rings. The van der Waals surface area contributed by atoms with Gasteiger partial charge in [0.25, 0.3) is 0 Å². The number of nitrogens with one attached hydrogen (secondary N) is 2. The van der Waals surface area contributed by atoms with Gasteiger partial charge in [0.2, 0.25) is 0 Å². The van der Waals surface area contributed by atoms with Crippen molar-refractivity contribution in [3.05, 3.63) is 132 Å². The fourth-order valence-corrected chi connectivity index (χ4v) is 4.25. The van der Waals surface area contributed by atoms with Crippen LogP contribution in [0.5, 0.6) is 11.5 Å².